The van der Waals surface area contributed by atoms with Gasteiger partial charge in [0.2, 0.25) is 5.91 Å². The second kappa shape index (κ2) is 6.11. The summed E-state index contributed by atoms with van der Waals surface area (Å²) in [7, 11) is 1.52. The van der Waals surface area contributed by atoms with E-state index < -0.39 is 0 Å². The van der Waals surface area contributed by atoms with E-state index >= 15 is 0 Å². The third kappa shape index (κ3) is 3.09. The van der Waals surface area contributed by atoms with Gasteiger partial charge in [-0.25, -0.2) is 4.79 Å². The van der Waals surface area contributed by atoms with Crippen LogP contribution in [0, 0.1) is 0 Å². The molecule has 0 aliphatic carbocycles. The Balaban J connectivity index is 2.09. The van der Waals surface area contributed by atoms with Crippen molar-refractivity contribution in [2.75, 3.05) is 18.5 Å². The van der Waals surface area contributed by atoms with Crippen LogP contribution in [0.15, 0.2) is 29.1 Å². The molecule has 2 aromatic rings. The SMILES string of the molecule is CCOCC(=O)Nc1ccc(-n2nnn(C)c2=O)cc1. The smallest absolute Gasteiger partial charge is 0.368 e. The number of aryl methyl sites for hydroxylation is 1. The quantitative estimate of drug-likeness (QED) is 0.826. The fraction of sp³-hybridized carbons (Fsp3) is 0.333. The maximum absolute atomic E-state index is 11.7. The van der Waals surface area contributed by atoms with Gasteiger partial charge in [-0.2, -0.15) is 9.36 Å². The number of rotatable bonds is 5. The number of aromatic nitrogens is 4. The van der Waals surface area contributed by atoms with Gasteiger partial charge in [0, 0.05) is 19.3 Å². The molecule has 0 fully saturated rings. The molecule has 1 amide bonds. The first-order valence-electron chi connectivity index (χ1n) is 6.09. The Bertz CT molecular complexity index is 644. The summed E-state index contributed by atoms with van der Waals surface area (Å²) in [6, 6.07) is 6.71. The molecule has 1 aromatic heterocycles. The van der Waals surface area contributed by atoms with Crippen LogP contribution in [0.3, 0.4) is 0 Å². The number of anilines is 1. The average Bonchev–Trinajstić information content (AvgIpc) is 2.78. The van der Waals surface area contributed by atoms with Gasteiger partial charge < -0.3 is 10.1 Å². The molecule has 0 saturated heterocycles. The summed E-state index contributed by atoms with van der Waals surface area (Å²) >= 11 is 0. The number of ether oxygens (including phenoxy) is 1. The third-order valence-electron chi connectivity index (χ3n) is 2.55. The maximum atomic E-state index is 11.7. The molecule has 8 heteroatoms. The van der Waals surface area contributed by atoms with Crippen LogP contribution in [-0.2, 0) is 16.6 Å². The number of amides is 1. The molecule has 0 unspecified atom stereocenters. The van der Waals surface area contributed by atoms with E-state index in [4.69, 9.17) is 4.74 Å². The third-order valence-corrected chi connectivity index (χ3v) is 2.55. The van der Waals surface area contributed by atoms with Crippen LogP contribution < -0.4 is 11.0 Å². The van der Waals surface area contributed by atoms with Crippen LogP contribution in [0.1, 0.15) is 6.92 Å². The lowest BCUT2D eigenvalue weighted by Crippen LogP contribution is -2.22. The highest BCUT2D eigenvalue weighted by Gasteiger charge is 2.06. The Morgan fingerprint density at radius 1 is 1.30 bits per heavy atom. The molecule has 8 nitrogen and oxygen atoms in total. The molecule has 1 N–H and O–H groups in total. The van der Waals surface area contributed by atoms with Gasteiger partial charge in [-0.05, 0) is 41.6 Å². The number of benzene rings is 1. The standard InChI is InChI=1S/C12H15N5O3/c1-3-20-8-11(18)13-9-4-6-10(7-5-9)17-12(19)16(2)14-15-17/h4-7H,3,8H2,1-2H3,(H,13,18). The predicted octanol–water partition coefficient (Wildman–Crippen LogP) is -0.0590. The van der Waals surface area contributed by atoms with E-state index in [-0.39, 0.29) is 18.2 Å². The van der Waals surface area contributed by atoms with Crippen molar-refractivity contribution >= 4 is 11.6 Å². The maximum Gasteiger partial charge on any atom is 0.368 e. The van der Waals surface area contributed by atoms with Crippen molar-refractivity contribution in [3.05, 3.63) is 34.7 Å². The van der Waals surface area contributed by atoms with E-state index in [1.165, 1.54) is 11.7 Å². The zero-order valence-corrected chi connectivity index (χ0v) is 11.2. The summed E-state index contributed by atoms with van der Waals surface area (Å²) in [4.78, 5) is 23.1. The molecule has 0 saturated carbocycles. The molecule has 0 aliphatic heterocycles. The number of carbonyl (C=O) groups is 1. The molecule has 2 rings (SSSR count). The van der Waals surface area contributed by atoms with Crippen LogP contribution in [0.5, 0.6) is 0 Å². The monoisotopic (exact) mass is 277 g/mol. The molecule has 0 bridgehead atoms. The zero-order valence-electron chi connectivity index (χ0n) is 11.2. The first-order chi connectivity index (χ1) is 9.61. The highest BCUT2D eigenvalue weighted by Crippen LogP contribution is 2.11. The van der Waals surface area contributed by atoms with Gasteiger partial charge in [-0.1, -0.05) is 0 Å². The molecule has 1 heterocycles. The molecule has 106 valence electrons. The molecule has 0 atom stereocenters. The van der Waals surface area contributed by atoms with Crippen molar-refractivity contribution in [1.29, 1.82) is 0 Å². The molecular formula is C12H15N5O3. The van der Waals surface area contributed by atoms with Gasteiger partial charge in [0.05, 0.1) is 5.69 Å². The summed E-state index contributed by atoms with van der Waals surface area (Å²) < 4.78 is 7.31. The topological polar surface area (TPSA) is 91.0 Å². The molecule has 0 radical (unpaired) electrons. The van der Waals surface area contributed by atoms with Crippen molar-refractivity contribution in [2.24, 2.45) is 7.05 Å². The zero-order chi connectivity index (χ0) is 14.5. The summed E-state index contributed by atoms with van der Waals surface area (Å²) in [5.74, 6) is -0.226. The van der Waals surface area contributed by atoms with Crippen LogP contribution in [0.25, 0.3) is 5.69 Å². The number of nitrogens with zero attached hydrogens (tertiary/aromatic N) is 4. The molecule has 20 heavy (non-hydrogen) atoms. The molecular weight excluding hydrogens is 262 g/mol. The first kappa shape index (κ1) is 13.9. The van der Waals surface area contributed by atoms with Crippen LogP contribution in [0.4, 0.5) is 5.69 Å². The fourth-order valence-corrected chi connectivity index (χ4v) is 1.55. The predicted molar refractivity (Wildman–Crippen MR) is 71.7 cm³/mol. The van der Waals surface area contributed by atoms with E-state index in [0.29, 0.717) is 18.0 Å². The Labute approximate surface area is 114 Å². The summed E-state index contributed by atoms with van der Waals surface area (Å²) in [6.07, 6.45) is 0. The summed E-state index contributed by atoms with van der Waals surface area (Å²) in [5.41, 5.74) is 0.861. The van der Waals surface area contributed by atoms with Crippen LogP contribution >= 0.6 is 0 Å². The van der Waals surface area contributed by atoms with Crippen molar-refractivity contribution in [2.45, 2.75) is 6.92 Å². The Kier molecular flexibility index (Phi) is 4.26. The van der Waals surface area contributed by atoms with Crippen LogP contribution in [0.2, 0.25) is 0 Å². The summed E-state index contributed by atoms with van der Waals surface area (Å²) in [5, 5.41) is 10.0. The minimum Gasteiger partial charge on any atom is -0.372 e. The lowest BCUT2D eigenvalue weighted by molar-refractivity contribution is -0.120. The van der Waals surface area contributed by atoms with Crippen molar-refractivity contribution in [3.63, 3.8) is 0 Å². The number of carbonyl (C=O) groups excluding carboxylic acids is 1. The fourth-order valence-electron chi connectivity index (χ4n) is 1.55. The van der Waals surface area contributed by atoms with E-state index in [1.54, 1.807) is 24.3 Å². The first-order valence-corrected chi connectivity index (χ1v) is 6.09. The van der Waals surface area contributed by atoms with E-state index in [0.717, 1.165) is 4.68 Å². The lowest BCUT2D eigenvalue weighted by atomic mass is 10.3. The van der Waals surface area contributed by atoms with Crippen molar-refractivity contribution in [1.82, 2.24) is 19.8 Å². The van der Waals surface area contributed by atoms with E-state index in [9.17, 15) is 9.59 Å². The normalized spacial score (nSPS) is 10.5. The minimum atomic E-state index is -0.335. The number of hydrogen-bond donors (Lipinski definition) is 1. The molecule has 0 spiro atoms. The van der Waals surface area contributed by atoms with Gasteiger partial charge in [-0.15, -0.1) is 0 Å². The average molecular weight is 277 g/mol. The summed E-state index contributed by atoms with van der Waals surface area (Å²) in [6.45, 7) is 2.32. The Morgan fingerprint density at radius 3 is 2.55 bits per heavy atom. The number of nitrogens with one attached hydrogen (secondary N) is 1. The van der Waals surface area contributed by atoms with Gasteiger partial charge in [0.25, 0.3) is 0 Å². The van der Waals surface area contributed by atoms with Gasteiger partial charge in [-0.3, -0.25) is 4.79 Å². The van der Waals surface area contributed by atoms with Crippen molar-refractivity contribution < 1.29 is 9.53 Å². The second-order valence-electron chi connectivity index (χ2n) is 4.03. The van der Waals surface area contributed by atoms with Crippen LogP contribution in [-0.4, -0.2) is 38.9 Å². The van der Waals surface area contributed by atoms with Gasteiger partial charge in [0.1, 0.15) is 6.61 Å². The highest BCUT2D eigenvalue weighted by atomic mass is 16.5. The largest absolute Gasteiger partial charge is 0.372 e. The second-order valence-corrected chi connectivity index (χ2v) is 4.03. The van der Waals surface area contributed by atoms with Gasteiger partial charge >= 0.3 is 5.69 Å². The van der Waals surface area contributed by atoms with E-state index in [2.05, 4.69) is 15.7 Å². The van der Waals surface area contributed by atoms with Gasteiger partial charge in [0.15, 0.2) is 0 Å². The Morgan fingerprint density at radius 2 is 2.00 bits per heavy atom. The number of hydrogen-bond acceptors (Lipinski definition) is 5. The molecule has 0 aliphatic rings. The van der Waals surface area contributed by atoms with E-state index in [1.807, 2.05) is 6.92 Å². The highest BCUT2D eigenvalue weighted by molar-refractivity contribution is 5.91. The minimum absolute atomic E-state index is 0.0157. The lowest BCUT2D eigenvalue weighted by Gasteiger charge is -2.06. The molecule has 1 aromatic carbocycles. The number of tetrazole rings is 1. The van der Waals surface area contributed by atoms with Crippen molar-refractivity contribution in [3.8, 4) is 5.69 Å². The Hall–Kier alpha value is -2.48.